The van der Waals surface area contributed by atoms with Crippen LogP contribution in [0.3, 0.4) is 0 Å². The van der Waals surface area contributed by atoms with Gasteiger partial charge in [-0.25, -0.2) is 4.98 Å². The first-order chi connectivity index (χ1) is 12.1. The van der Waals surface area contributed by atoms with Crippen LogP contribution in [-0.4, -0.2) is 16.7 Å². The molecule has 0 unspecified atom stereocenters. The van der Waals surface area contributed by atoms with Crippen LogP contribution in [0.1, 0.15) is 41.6 Å². The number of nitrogens with zero attached hydrogens (tertiary/aromatic N) is 1. The van der Waals surface area contributed by atoms with E-state index in [1.165, 1.54) is 11.6 Å². The lowest BCUT2D eigenvalue weighted by molar-refractivity contribution is -0.116. The fourth-order valence-corrected chi connectivity index (χ4v) is 3.61. The second kappa shape index (κ2) is 8.03. The van der Waals surface area contributed by atoms with E-state index in [-0.39, 0.29) is 11.7 Å². The molecule has 0 bridgehead atoms. The lowest BCUT2D eigenvalue weighted by atomic mass is 10.1. The molecule has 0 fully saturated rings. The van der Waals surface area contributed by atoms with Gasteiger partial charge in [-0.2, -0.15) is 0 Å². The quantitative estimate of drug-likeness (QED) is 0.488. The Morgan fingerprint density at radius 2 is 1.80 bits per heavy atom. The first-order valence-corrected chi connectivity index (χ1v) is 9.19. The van der Waals surface area contributed by atoms with Crippen molar-refractivity contribution in [2.45, 2.75) is 32.6 Å². The smallest absolute Gasteiger partial charge is 0.224 e. The van der Waals surface area contributed by atoms with Crippen LogP contribution >= 0.6 is 11.3 Å². The van der Waals surface area contributed by atoms with E-state index in [2.05, 4.69) is 16.4 Å². The van der Waals surface area contributed by atoms with Gasteiger partial charge in [-0.1, -0.05) is 12.1 Å². The van der Waals surface area contributed by atoms with Crippen molar-refractivity contribution in [2.24, 2.45) is 0 Å². The number of rotatable bonds is 7. The second-order valence-electron chi connectivity index (χ2n) is 5.96. The number of hydrogen-bond donors (Lipinski definition) is 1. The number of ketones is 1. The van der Waals surface area contributed by atoms with Crippen molar-refractivity contribution in [1.82, 2.24) is 4.98 Å². The minimum Gasteiger partial charge on any atom is -0.326 e. The number of Topliss-reactive ketones (excluding diaryl/α,β-unsaturated/α-hetero) is 1. The Morgan fingerprint density at radius 1 is 1.04 bits per heavy atom. The minimum absolute atomic E-state index is 0.000116. The molecule has 1 heterocycles. The van der Waals surface area contributed by atoms with Crippen molar-refractivity contribution < 1.29 is 9.59 Å². The monoisotopic (exact) mass is 352 g/mol. The van der Waals surface area contributed by atoms with Gasteiger partial charge in [0, 0.05) is 17.7 Å². The molecule has 2 aromatic carbocycles. The number of para-hydroxylation sites is 1. The Labute approximate surface area is 150 Å². The highest BCUT2D eigenvalue weighted by Gasteiger charge is 2.06. The maximum absolute atomic E-state index is 12.0. The van der Waals surface area contributed by atoms with E-state index < -0.39 is 0 Å². The summed E-state index contributed by atoms with van der Waals surface area (Å²) < 4.78 is 1.21. The molecule has 4 nitrogen and oxygen atoms in total. The van der Waals surface area contributed by atoms with Gasteiger partial charge in [0.25, 0.3) is 0 Å². The van der Waals surface area contributed by atoms with Crippen molar-refractivity contribution in [2.75, 3.05) is 5.32 Å². The molecule has 1 aromatic heterocycles. The van der Waals surface area contributed by atoms with E-state index in [1.807, 2.05) is 18.2 Å². The summed E-state index contributed by atoms with van der Waals surface area (Å²) >= 11 is 1.72. The van der Waals surface area contributed by atoms with Crippen LogP contribution in [0.25, 0.3) is 10.2 Å². The summed E-state index contributed by atoms with van der Waals surface area (Å²) in [5, 5.41) is 3.99. The van der Waals surface area contributed by atoms with Crippen LogP contribution in [0.15, 0.2) is 48.5 Å². The number of nitrogens with one attached hydrogen (secondary N) is 1. The highest BCUT2D eigenvalue weighted by atomic mass is 32.1. The maximum atomic E-state index is 12.0. The number of hydrogen-bond acceptors (Lipinski definition) is 4. The third-order valence-electron chi connectivity index (χ3n) is 3.96. The lowest BCUT2D eigenvalue weighted by Crippen LogP contribution is -2.11. The van der Waals surface area contributed by atoms with Gasteiger partial charge in [0.15, 0.2) is 5.78 Å². The number of benzene rings is 2. The highest BCUT2D eigenvalue weighted by Crippen LogP contribution is 2.23. The third-order valence-corrected chi connectivity index (χ3v) is 5.05. The Hall–Kier alpha value is -2.53. The zero-order valence-corrected chi connectivity index (χ0v) is 14.9. The SMILES string of the molecule is CC(=O)c1ccc(NC(=O)CCCCc2nc3ccccc3s2)cc1. The lowest BCUT2D eigenvalue weighted by Gasteiger charge is -2.05. The molecule has 0 radical (unpaired) electrons. The molecule has 128 valence electrons. The molecule has 3 aromatic rings. The molecular weight excluding hydrogens is 332 g/mol. The van der Waals surface area contributed by atoms with Gasteiger partial charge in [0.1, 0.15) is 0 Å². The van der Waals surface area contributed by atoms with E-state index in [0.29, 0.717) is 12.0 Å². The molecule has 0 saturated carbocycles. The van der Waals surface area contributed by atoms with Crippen LogP contribution in [0.4, 0.5) is 5.69 Å². The predicted molar refractivity (Wildman–Crippen MR) is 102 cm³/mol. The summed E-state index contributed by atoms with van der Waals surface area (Å²) in [7, 11) is 0. The number of unbranched alkanes of at least 4 members (excludes halogenated alkanes) is 1. The molecule has 5 heteroatoms. The summed E-state index contributed by atoms with van der Waals surface area (Å²) in [6.07, 6.45) is 3.16. The Balaban J connectivity index is 1.42. The number of amides is 1. The van der Waals surface area contributed by atoms with Crippen molar-refractivity contribution in [3.8, 4) is 0 Å². The van der Waals surface area contributed by atoms with Gasteiger partial charge in [-0.15, -0.1) is 11.3 Å². The Bertz CT molecular complexity index is 851. The topological polar surface area (TPSA) is 59.1 Å². The third kappa shape index (κ3) is 4.73. The summed E-state index contributed by atoms with van der Waals surface area (Å²) in [6, 6.07) is 15.1. The van der Waals surface area contributed by atoms with Crippen LogP contribution < -0.4 is 5.32 Å². The first kappa shape index (κ1) is 17.3. The number of carbonyl (C=O) groups is 2. The van der Waals surface area contributed by atoms with E-state index in [4.69, 9.17) is 0 Å². The molecule has 1 N–H and O–H groups in total. The van der Waals surface area contributed by atoms with Crippen LogP contribution in [0.2, 0.25) is 0 Å². The standard InChI is InChI=1S/C20H20N2O2S/c1-14(23)15-10-12-16(13-11-15)21-19(24)8-4-5-9-20-22-17-6-2-3-7-18(17)25-20/h2-3,6-7,10-13H,4-5,8-9H2,1H3,(H,21,24). The predicted octanol–water partition coefficient (Wildman–Crippen LogP) is 4.85. The summed E-state index contributed by atoms with van der Waals surface area (Å²) in [5.41, 5.74) is 2.42. The number of fused-ring (bicyclic) bond motifs is 1. The minimum atomic E-state index is -0.000116. The van der Waals surface area contributed by atoms with E-state index in [1.54, 1.807) is 35.6 Å². The molecule has 0 atom stereocenters. The van der Waals surface area contributed by atoms with Gasteiger partial charge >= 0.3 is 0 Å². The van der Waals surface area contributed by atoms with Gasteiger partial charge in [0.05, 0.1) is 15.2 Å². The Kier molecular flexibility index (Phi) is 5.56. The van der Waals surface area contributed by atoms with Gasteiger partial charge < -0.3 is 5.32 Å². The Morgan fingerprint density at radius 3 is 2.52 bits per heavy atom. The van der Waals surface area contributed by atoms with E-state index in [9.17, 15) is 9.59 Å². The molecular formula is C20H20N2O2S. The van der Waals surface area contributed by atoms with Gasteiger partial charge in [-0.3, -0.25) is 9.59 Å². The summed E-state index contributed by atoms with van der Waals surface area (Å²) in [5.74, 6) is 0.0209. The van der Waals surface area contributed by atoms with Crippen molar-refractivity contribution in [3.63, 3.8) is 0 Å². The van der Waals surface area contributed by atoms with Crippen molar-refractivity contribution >= 4 is 38.9 Å². The molecule has 0 saturated heterocycles. The number of anilines is 1. The first-order valence-electron chi connectivity index (χ1n) is 8.37. The second-order valence-corrected chi connectivity index (χ2v) is 7.08. The zero-order valence-electron chi connectivity index (χ0n) is 14.1. The van der Waals surface area contributed by atoms with Crippen molar-refractivity contribution in [3.05, 3.63) is 59.1 Å². The number of aromatic nitrogens is 1. The molecule has 25 heavy (non-hydrogen) atoms. The zero-order chi connectivity index (χ0) is 17.6. The number of thiazole rings is 1. The average Bonchev–Trinajstić information content (AvgIpc) is 3.02. The van der Waals surface area contributed by atoms with Crippen LogP contribution in [0, 0.1) is 0 Å². The van der Waals surface area contributed by atoms with Gasteiger partial charge in [0.2, 0.25) is 5.91 Å². The molecule has 0 aliphatic carbocycles. The number of aryl methyl sites for hydroxylation is 1. The molecule has 0 aliphatic rings. The van der Waals surface area contributed by atoms with E-state index >= 15 is 0 Å². The van der Waals surface area contributed by atoms with Crippen LogP contribution in [-0.2, 0) is 11.2 Å². The van der Waals surface area contributed by atoms with Crippen molar-refractivity contribution in [1.29, 1.82) is 0 Å². The maximum Gasteiger partial charge on any atom is 0.224 e. The largest absolute Gasteiger partial charge is 0.326 e. The molecule has 1 amide bonds. The average molecular weight is 352 g/mol. The fraction of sp³-hybridized carbons (Fsp3) is 0.250. The number of carbonyl (C=O) groups excluding carboxylic acids is 2. The normalized spacial score (nSPS) is 10.8. The molecule has 0 aliphatic heterocycles. The summed E-state index contributed by atoms with van der Waals surface area (Å²) in [6.45, 7) is 1.53. The van der Waals surface area contributed by atoms with E-state index in [0.717, 1.165) is 35.5 Å². The highest BCUT2D eigenvalue weighted by molar-refractivity contribution is 7.18. The molecule has 0 spiro atoms. The summed E-state index contributed by atoms with van der Waals surface area (Å²) in [4.78, 5) is 27.8. The van der Waals surface area contributed by atoms with Crippen LogP contribution in [0.5, 0.6) is 0 Å². The van der Waals surface area contributed by atoms with Gasteiger partial charge in [-0.05, 0) is 62.6 Å². The molecule has 3 rings (SSSR count). The fourth-order valence-electron chi connectivity index (χ4n) is 2.60.